The van der Waals surface area contributed by atoms with Crippen LogP contribution < -0.4 is 15.5 Å². The van der Waals surface area contributed by atoms with Gasteiger partial charge in [0.2, 0.25) is 0 Å². The minimum absolute atomic E-state index is 0.0659. The summed E-state index contributed by atoms with van der Waals surface area (Å²) >= 11 is 0. The third kappa shape index (κ3) is 5.46. The summed E-state index contributed by atoms with van der Waals surface area (Å²) in [5.41, 5.74) is 2.85. The molecule has 2 heterocycles. The Kier molecular flexibility index (Phi) is 6.32. The van der Waals surface area contributed by atoms with Crippen LogP contribution in [0.3, 0.4) is 0 Å². The summed E-state index contributed by atoms with van der Waals surface area (Å²) in [6.07, 6.45) is 4.18. The third-order valence-corrected chi connectivity index (χ3v) is 4.98. The van der Waals surface area contributed by atoms with Crippen LogP contribution in [-0.2, 0) is 0 Å². The number of carbonyl (C=O) groups is 1. The highest BCUT2D eigenvalue weighted by Gasteiger charge is 2.15. The molecule has 0 unspecified atom stereocenters. The zero-order valence-electron chi connectivity index (χ0n) is 16.5. The van der Waals surface area contributed by atoms with Crippen molar-refractivity contribution in [3.05, 3.63) is 48.2 Å². The first-order chi connectivity index (χ1) is 13.0. The zero-order valence-corrected chi connectivity index (χ0v) is 16.5. The maximum Gasteiger partial charge on any atom is 0.251 e. The molecule has 1 aromatic carbocycles. The van der Waals surface area contributed by atoms with E-state index in [0.29, 0.717) is 23.8 Å². The standard InChI is InChI=1S/C22H30N4O/c1-16(2)15-24-22(27)18-8-11-23-21(14-18)25-19-4-6-20(7-5-19)26-12-9-17(3)10-13-26/h4-8,11,14,16-17H,9-10,12-13,15H2,1-3H3,(H,23,25)(H,24,27). The normalized spacial score (nSPS) is 15.0. The molecule has 3 rings (SSSR count). The number of rotatable bonds is 6. The number of aromatic nitrogens is 1. The van der Waals surface area contributed by atoms with Gasteiger partial charge in [0, 0.05) is 42.8 Å². The predicted octanol–water partition coefficient (Wildman–Crippen LogP) is 4.45. The lowest BCUT2D eigenvalue weighted by Gasteiger charge is -2.32. The number of pyridine rings is 1. The number of hydrogen-bond donors (Lipinski definition) is 2. The Balaban J connectivity index is 1.62. The zero-order chi connectivity index (χ0) is 19.2. The SMILES string of the molecule is CC(C)CNC(=O)c1ccnc(Nc2ccc(N3CCC(C)CC3)cc2)c1. The number of benzene rings is 1. The average Bonchev–Trinajstić information content (AvgIpc) is 2.67. The summed E-state index contributed by atoms with van der Waals surface area (Å²) in [7, 11) is 0. The van der Waals surface area contributed by atoms with Gasteiger partial charge in [0.15, 0.2) is 0 Å². The van der Waals surface area contributed by atoms with E-state index in [-0.39, 0.29) is 5.91 Å². The van der Waals surface area contributed by atoms with Gasteiger partial charge in [-0.15, -0.1) is 0 Å². The first-order valence-electron chi connectivity index (χ1n) is 9.87. The predicted molar refractivity (Wildman–Crippen MR) is 112 cm³/mol. The molecule has 0 spiro atoms. The van der Waals surface area contributed by atoms with Crippen molar-refractivity contribution >= 4 is 23.1 Å². The highest BCUT2D eigenvalue weighted by atomic mass is 16.1. The summed E-state index contributed by atoms with van der Waals surface area (Å²) in [5, 5.41) is 6.23. The quantitative estimate of drug-likeness (QED) is 0.793. The molecular formula is C22H30N4O. The van der Waals surface area contributed by atoms with Crippen molar-refractivity contribution in [2.75, 3.05) is 29.9 Å². The molecule has 0 atom stereocenters. The van der Waals surface area contributed by atoms with Crippen LogP contribution in [0.4, 0.5) is 17.2 Å². The van der Waals surface area contributed by atoms with Crippen molar-refractivity contribution in [1.29, 1.82) is 0 Å². The fourth-order valence-electron chi connectivity index (χ4n) is 3.21. The minimum Gasteiger partial charge on any atom is -0.372 e. The number of piperidine rings is 1. The second-order valence-electron chi connectivity index (χ2n) is 7.88. The van der Waals surface area contributed by atoms with Crippen LogP contribution in [-0.4, -0.2) is 30.5 Å². The van der Waals surface area contributed by atoms with Gasteiger partial charge in [0.1, 0.15) is 5.82 Å². The summed E-state index contributed by atoms with van der Waals surface area (Å²) in [6, 6.07) is 12.0. The number of nitrogens with zero attached hydrogens (tertiary/aromatic N) is 2. The lowest BCUT2D eigenvalue weighted by molar-refractivity contribution is 0.0949. The number of hydrogen-bond acceptors (Lipinski definition) is 4. The second kappa shape index (κ2) is 8.89. The third-order valence-electron chi connectivity index (χ3n) is 4.98. The Morgan fingerprint density at radius 2 is 1.89 bits per heavy atom. The molecule has 27 heavy (non-hydrogen) atoms. The number of carbonyl (C=O) groups excluding carboxylic acids is 1. The Bertz CT molecular complexity index is 749. The average molecular weight is 367 g/mol. The molecule has 5 heteroatoms. The largest absolute Gasteiger partial charge is 0.372 e. The van der Waals surface area contributed by atoms with Gasteiger partial charge in [0.25, 0.3) is 5.91 Å². The van der Waals surface area contributed by atoms with Crippen molar-refractivity contribution in [1.82, 2.24) is 10.3 Å². The molecule has 0 radical (unpaired) electrons. The molecule has 1 aliphatic heterocycles. The molecule has 5 nitrogen and oxygen atoms in total. The van der Waals surface area contributed by atoms with E-state index in [9.17, 15) is 4.79 Å². The monoisotopic (exact) mass is 366 g/mol. The highest BCUT2D eigenvalue weighted by Crippen LogP contribution is 2.25. The molecule has 2 aromatic rings. The van der Waals surface area contributed by atoms with Crippen LogP contribution in [0.15, 0.2) is 42.6 Å². The minimum atomic E-state index is -0.0659. The first kappa shape index (κ1) is 19.2. The maximum atomic E-state index is 12.2. The molecule has 0 aliphatic carbocycles. The van der Waals surface area contributed by atoms with Crippen LogP contribution in [0.5, 0.6) is 0 Å². The van der Waals surface area contributed by atoms with Crippen LogP contribution in [0.1, 0.15) is 44.0 Å². The summed E-state index contributed by atoms with van der Waals surface area (Å²) in [6.45, 7) is 9.41. The lowest BCUT2D eigenvalue weighted by Crippen LogP contribution is -2.32. The Labute approximate surface area is 162 Å². The highest BCUT2D eigenvalue weighted by molar-refractivity contribution is 5.94. The summed E-state index contributed by atoms with van der Waals surface area (Å²) in [4.78, 5) is 19.0. The van der Waals surface area contributed by atoms with Gasteiger partial charge in [-0.2, -0.15) is 0 Å². The smallest absolute Gasteiger partial charge is 0.251 e. The molecule has 1 aromatic heterocycles. The van der Waals surface area contributed by atoms with E-state index < -0.39 is 0 Å². The van der Waals surface area contributed by atoms with Crippen molar-refractivity contribution in [3.8, 4) is 0 Å². The van der Waals surface area contributed by atoms with Crippen molar-refractivity contribution in [3.63, 3.8) is 0 Å². The van der Waals surface area contributed by atoms with Gasteiger partial charge in [-0.25, -0.2) is 4.98 Å². The van der Waals surface area contributed by atoms with Gasteiger partial charge >= 0.3 is 0 Å². The van der Waals surface area contributed by atoms with Gasteiger partial charge in [0.05, 0.1) is 0 Å². The van der Waals surface area contributed by atoms with Crippen LogP contribution in [0.2, 0.25) is 0 Å². The van der Waals surface area contributed by atoms with E-state index in [1.807, 2.05) is 0 Å². The number of nitrogens with one attached hydrogen (secondary N) is 2. The van der Waals surface area contributed by atoms with E-state index in [4.69, 9.17) is 0 Å². The lowest BCUT2D eigenvalue weighted by atomic mass is 9.99. The number of amides is 1. The second-order valence-corrected chi connectivity index (χ2v) is 7.88. The topological polar surface area (TPSA) is 57.3 Å². The molecule has 2 N–H and O–H groups in total. The van der Waals surface area contributed by atoms with Gasteiger partial charge in [-0.1, -0.05) is 20.8 Å². The fraction of sp³-hybridized carbons (Fsp3) is 0.455. The molecular weight excluding hydrogens is 336 g/mol. The molecule has 1 saturated heterocycles. The Morgan fingerprint density at radius 3 is 2.56 bits per heavy atom. The Hall–Kier alpha value is -2.56. The Morgan fingerprint density at radius 1 is 1.19 bits per heavy atom. The molecule has 1 fully saturated rings. The van der Waals surface area contributed by atoms with E-state index in [1.54, 1.807) is 18.3 Å². The van der Waals surface area contributed by atoms with E-state index in [2.05, 4.69) is 65.6 Å². The molecule has 1 aliphatic rings. The van der Waals surface area contributed by atoms with Crippen LogP contribution in [0, 0.1) is 11.8 Å². The molecule has 1 amide bonds. The van der Waals surface area contributed by atoms with Crippen molar-refractivity contribution in [2.24, 2.45) is 11.8 Å². The van der Waals surface area contributed by atoms with E-state index in [1.165, 1.54) is 18.5 Å². The van der Waals surface area contributed by atoms with Crippen molar-refractivity contribution < 1.29 is 4.79 Å². The van der Waals surface area contributed by atoms with E-state index in [0.717, 1.165) is 24.7 Å². The van der Waals surface area contributed by atoms with Crippen LogP contribution >= 0.6 is 0 Å². The summed E-state index contributed by atoms with van der Waals surface area (Å²) in [5.74, 6) is 1.86. The fourth-order valence-corrected chi connectivity index (χ4v) is 3.21. The first-order valence-corrected chi connectivity index (χ1v) is 9.87. The van der Waals surface area contributed by atoms with Crippen LogP contribution in [0.25, 0.3) is 0 Å². The molecule has 0 saturated carbocycles. The van der Waals surface area contributed by atoms with E-state index >= 15 is 0 Å². The number of anilines is 3. The maximum absolute atomic E-state index is 12.2. The van der Waals surface area contributed by atoms with Gasteiger partial charge in [-0.3, -0.25) is 4.79 Å². The summed E-state index contributed by atoms with van der Waals surface area (Å²) < 4.78 is 0. The van der Waals surface area contributed by atoms with Gasteiger partial charge in [-0.05, 0) is 61.1 Å². The van der Waals surface area contributed by atoms with Crippen molar-refractivity contribution in [2.45, 2.75) is 33.6 Å². The molecule has 144 valence electrons. The molecule has 0 bridgehead atoms. The van der Waals surface area contributed by atoms with Gasteiger partial charge < -0.3 is 15.5 Å².